The zero-order chi connectivity index (χ0) is 12.7. The van der Waals surface area contributed by atoms with E-state index in [4.69, 9.17) is 5.11 Å². The lowest BCUT2D eigenvalue weighted by Gasteiger charge is -2.07. The van der Waals surface area contributed by atoms with Gasteiger partial charge in [-0.15, -0.1) is 0 Å². The molecule has 0 aromatic rings. The molecule has 2 N–H and O–H groups in total. The molecular weight excluding hydrogens is 247 g/mol. The molecule has 0 aliphatic carbocycles. The molecule has 4 nitrogen and oxygen atoms in total. The number of hydrogen-bond acceptors (Lipinski definition) is 3. The summed E-state index contributed by atoms with van der Waals surface area (Å²) in [7, 11) is -3.45. The molecule has 16 heavy (non-hydrogen) atoms. The van der Waals surface area contributed by atoms with Crippen LogP contribution in [0.4, 0.5) is 13.2 Å². The van der Waals surface area contributed by atoms with Gasteiger partial charge in [-0.05, 0) is 19.3 Å². The molecule has 0 radical (unpaired) electrons. The van der Waals surface area contributed by atoms with Crippen molar-refractivity contribution in [3.63, 3.8) is 0 Å². The van der Waals surface area contributed by atoms with Gasteiger partial charge in [-0.25, -0.2) is 13.1 Å². The molecule has 8 heteroatoms. The Kier molecular flexibility index (Phi) is 6.93. The zero-order valence-corrected chi connectivity index (χ0v) is 9.57. The number of rotatable bonds is 8. The molecule has 0 atom stereocenters. The predicted molar refractivity (Wildman–Crippen MR) is 53.4 cm³/mol. The molecule has 0 unspecified atom stereocenters. The third-order valence-electron chi connectivity index (χ3n) is 1.78. The monoisotopic (exact) mass is 263 g/mol. The molecule has 98 valence electrons. The normalized spacial score (nSPS) is 13.0. The highest BCUT2D eigenvalue weighted by Crippen LogP contribution is 2.21. The van der Waals surface area contributed by atoms with Gasteiger partial charge >= 0.3 is 6.18 Å². The van der Waals surface area contributed by atoms with Crippen molar-refractivity contribution in [3.05, 3.63) is 0 Å². The Balaban J connectivity index is 3.58. The summed E-state index contributed by atoms with van der Waals surface area (Å²) < 4.78 is 59.5. The van der Waals surface area contributed by atoms with Crippen molar-refractivity contribution in [2.45, 2.75) is 31.9 Å². The maximum absolute atomic E-state index is 11.7. The van der Waals surface area contributed by atoms with E-state index in [-0.39, 0.29) is 38.2 Å². The number of halogens is 3. The molecule has 0 aromatic heterocycles. The molecule has 0 fully saturated rings. The van der Waals surface area contributed by atoms with Crippen molar-refractivity contribution in [1.29, 1.82) is 0 Å². The lowest BCUT2D eigenvalue weighted by atomic mass is 10.2. The van der Waals surface area contributed by atoms with Gasteiger partial charge in [0.25, 0.3) is 0 Å². The van der Waals surface area contributed by atoms with Gasteiger partial charge in [0, 0.05) is 19.6 Å². The van der Waals surface area contributed by atoms with Crippen LogP contribution < -0.4 is 4.72 Å². The lowest BCUT2D eigenvalue weighted by Crippen LogP contribution is -2.27. The second kappa shape index (κ2) is 7.08. The van der Waals surface area contributed by atoms with Crippen molar-refractivity contribution in [1.82, 2.24) is 4.72 Å². The first-order valence-electron chi connectivity index (χ1n) is 4.92. The van der Waals surface area contributed by atoms with Crippen LogP contribution in [0.15, 0.2) is 0 Å². The van der Waals surface area contributed by atoms with E-state index >= 15 is 0 Å². The summed E-state index contributed by atoms with van der Waals surface area (Å²) in [6.45, 7) is -0.223. The first-order valence-corrected chi connectivity index (χ1v) is 6.57. The number of sulfonamides is 1. The molecule has 0 heterocycles. The molecule has 0 amide bonds. The minimum absolute atomic E-state index is 0.00381. The number of nitrogens with one attached hydrogen (secondary N) is 1. The first kappa shape index (κ1) is 15.7. The van der Waals surface area contributed by atoms with Crippen LogP contribution in [-0.4, -0.2) is 38.6 Å². The summed E-state index contributed by atoms with van der Waals surface area (Å²) in [4.78, 5) is 0. The third-order valence-corrected chi connectivity index (χ3v) is 3.25. The van der Waals surface area contributed by atoms with Crippen LogP contribution in [0.1, 0.15) is 25.7 Å². The Morgan fingerprint density at radius 3 is 2.25 bits per heavy atom. The maximum Gasteiger partial charge on any atom is 0.389 e. The number of aliphatic hydroxyl groups excluding tert-OH is 1. The molecule has 0 bridgehead atoms. The van der Waals surface area contributed by atoms with Crippen LogP contribution in [0.2, 0.25) is 0 Å². The van der Waals surface area contributed by atoms with Gasteiger partial charge in [0.05, 0.1) is 5.75 Å². The molecule has 0 rings (SSSR count). The Hall–Kier alpha value is -0.340. The topological polar surface area (TPSA) is 66.4 Å². The van der Waals surface area contributed by atoms with Gasteiger partial charge in [0.1, 0.15) is 0 Å². The Morgan fingerprint density at radius 2 is 1.75 bits per heavy atom. The molecule has 0 aliphatic heterocycles. The Bertz CT molecular complexity index is 277. The van der Waals surface area contributed by atoms with E-state index in [0.29, 0.717) is 0 Å². The minimum Gasteiger partial charge on any atom is -0.396 e. The fraction of sp³-hybridized carbons (Fsp3) is 1.00. The standard InChI is InChI=1S/C8H16F3NO3S/c9-8(10,11)4-1-2-5-12-16(14,15)7-3-6-13/h12-13H,1-7H2. The van der Waals surface area contributed by atoms with E-state index in [1.807, 2.05) is 0 Å². The van der Waals surface area contributed by atoms with Crippen LogP contribution >= 0.6 is 0 Å². The maximum atomic E-state index is 11.7. The van der Waals surface area contributed by atoms with Gasteiger partial charge < -0.3 is 5.11 Å². The van der Waals surface area contributed by atoms with Gasteiger partial charge in [0.2, 0.25) is 10.0 Å². The number of alkyl halides is 3. The van der Waals surface area contributed by atoms with E-state index in [1.165, 1.54) is 0 Å². The van der Waals surface area contributed by atoms with E-state index < -0.39 is 22.6 Å². The van der Waals surface area contributed by atoms with Crippen LogP contribution in [0.25, 0.3) is 0 Å². The van der Waals surface area contributed by atoms with Crippen molar-refractivity contribution in [3.8, 4) is 0 Å². The van der Waals surface area contributed by atoms with Gasteiger partial charge in [-0.2, -0.15) is 13.2 Å². The zero-order valence-electron chi connectivity index (χ0n) is 8.76. The first-order chi connectivity index (χ1) is 7.27. The van der Waals surface area contributed by atoms with Crippen LogP contribution in [0.3, 0.4) is 0 Å². The SMILES string of the molecule is O=S(=O)(CCCO)NCCCCC(F)(F)F. The third kappa shape index (κ3) is 10.2. The number of unbranched alkanes of at least 4 members (excludes halogenated alkanes) is 1. The summed E-state index contributed by atoms with van der Waals surface area (Å²) in [6.07, 6.45) is -4.90. The van der Waals surface area contributed by atoms with Gasteiger partial charge in [-0.3, -0.25) is 0 Å². The van der Waals surface area contributed by atoms with E-state index in [9.17, 15) is 21.6 Å². The summed E-state index contributed by atoms with van der Waals surface area (Å²) in [5.41, 5.74) is 0. The van der Waals surface area contributed by atoms with E-state index in [0.717, 1.165) is 0 Å². The molecular formula is C8H16F3NO3S. The fourth-order valence-electron chi connectivity index (χ4n) is 1.00. The number of aliphatic hydroxyl groups is 1. The summed E-state index contributed by atoms with van der Waals surface area (Å²) in [6, 6.07) is 0. The minimum atomic E-state index is -4.18. The molecule has 0 saturated carbocycles. The van der Waals surface area contributed by atoms with Crippen molar-refractivity contribution in [2.75, 3.05) is 18.9 Å². The van der Waals surface area contributed by atoms with E-state index in [1.54, 1.807) is 0 Å². The van der Waals surface area contributed by atoms with Gasteiger partial charge in [-0.1, -0.05) is 0 Å². The van der Waals surface area contributed by atoms with Crippen molar-refractivity contribution in [2.24, 2.45) is 0 Å². The quantitative estimate of drug-likeness (QED) is 0.643. The lowest BCUT2D eigenvalue weighted by molar-refractivity contribution is -0.135. The number of hydrogen-bond donors (Lipinski definition) is 2. The molecule has 0 aliphatic rings. The highest BCUT2D eigenvalue weighted by Gasteiger charge is 2.25. The average Bonchev–Trinajstić information content (AvgIpc) is 2.12. The summed E-state index contributed by atoms with van der Waals surface area (Å²) in [5.74, 6) is -0.206. The Morgan fingerprint density at radius 1 is 1.12 bits per heavy atom. The smallest absolute Gasteiger partial charge is 0.389 e. The molecule has 0 aromatic carbocycles. The van der Waals surface area contributed by atoms with Crippen LogP contribution in [0.5, 0.6) is 0 Å². The molecule has 0 spiro atoms. The second-order valence-corrected chi connectivity index (χ2v) is 5.29. The van der Waals surface area contributed by atoms with Crippen molar-refractivity contribution >= 4 is 10.0 Å². The highest BCUT2D eigenvalue weighted by atomic mass is 32.2. The van der Waals surface area contributed by atoms with Crippen molar-refractivity contribution < 1.29 is 26.7 Å². The largest absolute Gasteiger partial charge is 0.396 e. The van der Waals surface area contributed by atoms with Gasteiger partial charge in [0.15, 0.2) is 0 Å². The summed E-state index contributed by atoms with van der Waals surface area (Å²) >= 11 is 0. The average molecular weight is 263 g/mol. The molecule has 0 saturated heterocycles. The Labute approximate surface area is 92.9 Å². The summed E-state index contributed by atoms with van der Waals surface area (Å²) in [5, 5.41) is 8.41. The van der Waals surface area contributed by atoms with E-state index in [2.05, 4.69) is 4.72 Å². The predicted octanol–water partition coefficient (Wildman–Crippen LogP) is 1.02. The van der Waals surface area contributed by atoms with Crippen LogP contribution in [0, 0.1) is 0 Å². The second-order valence-electron chi connectivity index (χ2n) is 3.36. The highest BCUT2D eigenvalue weighted by molar-refractivity contribution is 7.89. The fourth-order valence-corrected chi connectivity index (χ4v) is 2.11. The van der Waals surface area contributed by atoms with Crippen LogP contribution in [-0.2, 0) is 10.0 Å².